The van der Waals surface area contributed by atoms with Crippen LogP contribution in [0.1, 0.15) is 17.0 Å². The second-order valence-corrected chi connectivity index (χ2v) is 6.35. The molecule has 0 spiro atoms. The number of hydrogen-bond donors (Lipinski definition) is 2. The predicted molar refractivity (Wildman–Crippen MR) is 94.3 cm³/mol. The third-order valence-corrected chi connectivity index (χ3v) is 4.24. The average molecular weight is 311 g/mol. The fourth-order valence-corrected chi connectivity index (χ4v) is 2.84. The number of aromatic nitrogens is 3. The van der Waals surface area contributed by atoms with E-state index in [-0.39, 0.29) is 0 Å². The van der Waals surface area contributed by atoms with Crippen LogP contribution < -0.4 is 0 Å². The van der Waals surface area contributed by atoms with Gasteiger partial charge in [0.25, 0.3) is 0 Å². The summed E-state index contributed by atoms with van der Waals surface area (Å²) in [5.74, 6) is 0. The van der Waals surface area contributed by atoms with E-state index in [2.05, 4.69) is 70.0 Å². The topological polar surface area (TPSA) is 51.0 Å². The molecule has 0 bridgehead atoms. The monoisotopic (exact) mass is 311 g/mol. The average Bonchev–Trinajstić information content (AvgIpc) is 3.14. The van der Waals surface area contributed by atoms with E-state index in [1.165, 1.54) is 16.5 Å². The third-order valence-electron chi connectivity index (χ3n) is 4.24. The van der Waals surface area contributed by atoms with Crippen LogP contribution in [0.4, 0.5) is 0 Å². The molecule has 2 N–H and O–H groups in total. The maximum absolute atomic E-state index is 4.46. The van der Waals surface area contributed by atoms with Crippen LogP contribution in [0.25, 0.3) is 10.9 Å². The number of fused-ring (bicyclic) bond motifs is 1. The van der Waals surface area contributed by atoms with Crippen molar-refractivity contribution >= 4 is 10.9 Å². The number of rotatable bonds is 7. The molecule has 0 unspecified atom stereocenters. The Bertz CT molecular complexity index is 755. The van der Waals surface area contributed by atoms with E-state index >= 15 is 0 Å². The maximum atomic E-state index is 4.46. The summed E-state index contributed by atoms with van der Waals surface area (Å²) < 4.78 is 0. The van der Waals surface area contributed by atoms with Crippen molar-refractivity contribution in [3.63, 3.8) is 0 Å². The summed E-state index contributed by atoms with van der Waals surface area (Å²) in [6, 6.07) is 8.62. The Labute approximate surface area is 137 Å². The standard InChI is InChI=1S/C18H25N5/c1-14-17(21-13-20-14)12-23(10-9-22(2)3)11-16-6-4-5-15-7-8-19-18(15)16/h4-8,13,19H,9-12H2,1-3H3,(H,20,21). The third kappa shape index (κ3) is 3.81. The number of likely N-dealkylation sites (N-methyl/N-ethyl adjacent to an activating group) is 1. The number of benzene rings is 1. The van der Waals surface area contributed by atoms with Crippen LogP contribution in [0.15, 0.2) is 36.8 Å². The van der Waals surface area contributed by atoms with Gasteiger partial charge in [-0.3, -0.25) is 4.90 Å². The Balaban J connectivity index is 1.80. The van der Waals surface area contributed by atoms with Gasteiger partial charge in [-0.25, -0.2) is 4.98 Å². The number of hydrogen-bond acceptors (Lipinski definition) is 3. The number of nitrogens with zero attached hydrogens (tertiary/aromatic N) is 3. The van der Waals surface area contributed by atoms with Crippen molar-refractivity contribution in [1.82, 2.24) is 24.8 Å². The molecule has 5 heteroatoms. The van der Waals surface area contributed by atoms with Gasteiger partial charge < -0.3 is 14.9 Å². The normalized spacial score (nSPS) is 11.9. The summed E-state index contributed by atoms with van der Waals surface area (Å²) in [6.07, 6.45) is 3.79. The zero-order chi connectivity index (χ0) is 16.2. The van der Waals surface area contributed by atoms with Crippen LogP contribution >= 0.6 is 0 Å². The molecule has 0 fully saturated rings. The van der Waals surface area contributed by atoms with Crippen molar-refractivity contribution < 1.29 is 0 Å². The molecule has 1 aromatic carbocycles. The second kappa shape index (κ2) is 6.98. The van der Waals surface area contributed by atoms with Gasteiger partial charge in [0, 0.05) is 43.6 Å². The first kappa shape index (κ1) is 15.8. The highest BCUT2D eigenvalue weighted by Gasteiger charge is 2.13. The summed E-state index contributed by atoms with van der Waals surface area (Å²) in [5.41, 5.74) is 4.85. The predicted octanol–water partition coefficient (Wildman–Crippen LogP) is 2.76. The van der Waals surface area contributed by atoms with Gasteiger partial charge in [0.1, 0.15) is 0 Å². The molecule has 0 aliphatic rings. The lowest BCUT2D eigenvalue weighted by atomic mass is 10.1. The van der Waals surface area contributed by atoms with Crippen LogP contribution in [0, 0.1) is 6.92 Å². The van der Waals surface area contributed by atoms with Gasteiger partial charge in [0.05, 0.1) is 12.0 Å². The number of nitrogens with one attached hydrogen (secondary N) is 2. The first-order chi connectivity index (χ1) is 11.1. The highest BCUT2D eigenvalue weighted by atomic mass is 15.2. The number of aryl methyl sites for hydroxylation is 1. The lowest BCUT2D eigenvalue weighted by Gasteiger charge is -2.24. The van der Waals surface area contributed by atoms with Crippen molar-refractivity contribution in [2.75, 3.05) is 27.2 Å². The summed E-state index contributed by atoms with van der Waals surface area (Å²) >= 11 is 0. The summed E-state index contributed by atoms with van der Waals surface area (Å²) in [4.78, 5) is 15.7. The smallest absolute Gasteiger partial charge is 0.0925 e. The van der Waals surface area contributed by atoms with Crippen molar-refractivity contribution in [3.8, 4) is 0 Å². The van der Waals surface area contributed by atoms with E-state index in [9.17, 15) is 0 Å². The van der Waals surface area contributed by atoms with Gasteiger partial charge >= 0.3 is 0 Å². The van der Waals surface area contributed by atoms with Crippen LogP contribution in [0.5, 0.6) is 0 Å². The Morgan fingerprint density at radius 3 is 2.65 bits per heavy atom. The molecule has 3 aromatic rings. The first-order valence-corrected chi connectivity index (χ1v) is 8.04. The zero-order valence-electron chi connectivity index (χ0n) is 14.1. The fourth-order valence-electron chi connectivity index (χ4n) is 2.84. The number of H-pyrrole nitrogens is 2. The van der Waals surface area contributed by atoms with E-state index < -0.39 is 0 Å². The van der Waals surface area contributed by atoms with E-state index in [4.69, 9.17) is 0 Å². The summed E-state index contributed by atoms with van der Waals surface area (Å²) in [6.45, 7) is 5.90. The molecule has 0 aliphatic carbocycles. The Kier molecular flexibility index (Phi) is 4.79. The lowest BCUT2D eigenvalue weighted by molar-refractivity contribution is 0.224. The minimum Gasteiger partial charge on any atom is -0.361 e. The van der Waals surface area contributed by atoms with Crippen molar-refractivity contribution in [1.29, 1.82) is 0 Å². The van der Waals surface area contributed by atoms with Gasteiger partial charge in [0.2, 0.25) is 0 Å². The minimum atomic E-state index is 0.861. The lowest BCUT2D eigenvalue weighted by Crippen LogP contribution is -2.31. The molecule has 23 heavy (non-hydrogen) atoms. The largest absolute Gasteiger partial charge is 0.361 e. The second-order valence-electron chi connectivity index (χ2n) is 6.35. The van der Waals surface area contributed by atoms with Gasteiger partial charge in [-0.15, -0.1) is 0 Å². The van der Waals surface area contributed by atoms with Gasteiger partial charge in [-0.2, -0.15) is 0 Å². The van der Waals surface area contributed by atoms with Crippen LogP contribution in [-0.2, 0) is 13.1 Å². The molecule has 0 aliphatic heterocycles. The molecule has 2 heterocycles. The van der Waals surface area contributed by atoms with E-state index in [1.807, 2.05) is 6.20 Å². The highest BCUT2D eigenvalue weighted by Crippen LogP contribution is 2.19. The van der Waals surface area contributed by atoms with E-state index in [0.717, 1.165) is 37.6 Å². The van der Waals surface area contributed by atoms with Crippen molar-refractivity contribution in [3.05, 3.63) is 53.7 Å². The molecule has 0 saturated heterocycles. The highest BCUT2D eigenvalue weighted by molar-refractivity contribution is 5.82. The molecule has 0 saturated carbocycles. The van der Waals surface area contributed by atoms with Crippen LogP contribution in [-0.4, -0.2) is 51.9 Å². The van der Waals surface area contributed by atoms with Gasteiger partial charge in [0.15, 0.2) is 0 Å². The quantitative estimate of drug-likeness (QED) is 0.705. The molecule has 3 rings (SSSR count). The maximum Gasteiger partial charge on any atom is 0.0925 e. The van der Waals surface area contributed by atoms with Crippen LogP contribution in [0.2, 0.25) is 0 Å². The molecule has 0 amide bonds. The molecular formula is C18H25N5. The fraction of sp³-hybridized carbons (Fsp3) is 0.389. The summed E-state index contributed by atoms with van der Waals surface area (Å²) in [7, 11) is 4.23. The SMILES string of the molecule is Cc1[nH]cnc1CN(CCN(C)C)Cc1cccc2cc[nH]c12. The molecular weight excluding hydrogens is 286 g/mol. The Morgan fingerprint density at radius 1 is 1.04 bits per heavy atom. The van der Waals surface area contributed by atoms with Crippen molar-refractivity contribution in [2.45, 2.75) is 20.0 Å². The molecule has 0 radical (unpaired) electrons. The Morgan fingerprint density at radius 2 is 1.91 bits per heavy atom. The summed E-state index contributed by atoms with van der Waals surface area (Å²) in [5, 5.41) is 1.27. The molecule has 122 valence electrons. The molecule has 0 atom stereocenters. The van der Waals surface area contributed by atoms with Crippen molar-refractivity contribution in [2.24, 2.45) is 0 Å². The number of imidazole rings is 1. The molecule has 2 aromatic heterocycles. The first-order valence-electron chi connectivity index (χ1n) is 8.04. The molecule has 5 nitrogen and oxygen atoms in total. The van der Waals surface area contributed by atoms with E-state index in [0.29, 0.717) is 0 Å². The van der Waals surface area contributed by atoms with Gasteiger partial charge in [-0.05, 0) is 38.0 Å². The zero-order valence-corrected chi connectivity index (χ0v) is 14.1. The van der Waals surface area contributed by atoms with Crippen LogP contribution in [0.3, 0.4) is 0 Å². The number of aromatic amines is 2. The minimum absolute atomic E-state index is 0.861. The number of para-hydroxylation sites is 1. The van der Waals surface area contributed by atoms with Gasteiger partial charge in [-0.1, -0.05) is 18.2 Å². The van der Waals surface area contributed by atoms with E-state index in [1.54, 1.807) is 6.33 Å². The Hall–Kier alpha value is -2.11.